The van der Waals surface area contributed by atoms with Gasteiger partial charge in [-0.1, -0.05) is 22.9 Å². The minimum absolute atomic E-state index is 0.447. The minimum Gasteiger partial charge on any atom is -0.492 e. The van der Waals surface area contributed by atoms with E-state index in [9.17, 15) is 9.90 Å². The maximum Gasteiger partial charge on any atom is 0.320 e. The molecule has 0 saturated carbocycles. The third-order valence-corrected chi connectivity index (χ3v) is 4.67. The summed E-state index contributed by atoms with van der Waals surface area (Å²) in [5.74, 6) is 0.761. The molecule has 0 saturated heterocycles. The molecule has 0 aliphatic carbocycles. The highest BCUT2D eigenvalue weighted by molar-refractivity contribution is 9.11. The van der Waals surface area contributed by atoms with Crippen LogP contribution < -0.4 is 10.1 Å². The fraction of sp³-hybridized carbons (Fsp3) is 0.533. The lowest BCUT2D eigenvalue weighted by Gasteiger charge is -2.17. The van der Waals surface area contributed by atoms with Crippen molar-refractivity contribution in [2.24, 2.45) is 0 Å². The van der Waals surface area contributed by atoms with Crippen LogP contribution in [-0.2, 0) is 11.3 Å². The average molecular weight is 455 g/mol. The van der Waals surface area contributed by atoms with Crippen LogP contribution in [0.15, 0.2) is 21.1 Å². The summed E-state index contributed by atoms with van der Waals surface area (Å²) in [5.41, 5.74) is 0.935. The van der Waals surface area contributed by atoms with Crippen molar-refractivity contribution in [1.82, 2.24) is 5.32 Å². The molecule has 1 rings (SSSR count). The van der Waals surface area contributed by atoms with E-state index in [2.05, 4.69) is 37.2 Å². The third kappa shape index (κ3) is 6.48. The van der Waals surface area contributed by atoms with Crippen LogP contribution >= 0.6 is 43.6 Å². The molecule has 0 aromatic heterocycles. The normalized spacial score (nSPS) is 12.2. The second kappa shape index (κ2) is 10.5. The van der Waals surface area contributed by atoms with Crippen LogP contribution in [0.2, 0.25) is 0 Å². The monoisotopic (exact) mass is 453 g/mol. The Hall–Kier alpha value is -0.240. The van der Waals surface area contributed by atoms with Crippen molar-refractivity contribution in [2.75, 3.05) is 18.6 Å². The molecule has 0 bridgehead atoms. The van der Waals surface area contributed by atoms with Gasteiger partial charge in [0.25, 0.3) is 0 Å². The second-order valence-corrected chi connectivity index (χ2v) is 7.53. The van der Waals surface area contributed by atoms with Crippen LogP contribution in [0, 0.1) is 0 Å². The van der Waals surface area contributed by atoms with Crippen molar-refractivity contribution in [2.45, 2.75) is 32.4 Å². The Labute approximate surface area is 152 Å². The summed E-state index contributed by atoms with van der Waals surface area (Å²) in [6, 6.07) is 3.33. The Morgan fingerprint density at radius 3 is 2.77 bits per heavy atom. The lowest BCUT2D eigenvalue weighted by Crippen LogP contribution is -2.36. The van der Waals surface area contributed by atoms with Crippen LogP contribution in [0.5, 0.6) is 5.75 Å². The van der Waals surface area contributed by atoms with Gasteiger partial charge >= 0.3 is 5.97 Å². The summed E-state index contributed by atoms with van der Waals surface area (Å²) in [6.45, 7) is 3.12. The zero-order valence-electron chi connectivity index (χ0n) is 12.7. The number of benzene rings is 1. The number of carboxylic acids is 1. The predicted molar refractivity (Wildman–Crippen MR) is 98.9 cm³/mol. The van der Waals surface area contributed by atoms with Crippen molar-refractivity contribution in [1.29, 1.82) is 0 Å². The summed E-state index contributed by atoms with van der Waals surface area (Å²) in [6.07, 6.45) is 3.48. The molecule has 0 amide bonds. The SMILES string of the molecule is CCCOc1c(Br)cc(Br)cc1CNC(CCSC)C(=O)O. The van der Waals surface area contributed by atoms with Crippen LogP contribution in [0.3, 0.4) is 0 Å². The highest BCUT2D eigenvalue weighted by Gasteiger charge is 2.18. The van der Waals surface area contributed by atoms with Crippen molar-refractivity contribution in [3.8, 4) is 5.75 Å². The molecule has 0 heterocycles. The molecule has 1 unspecified atom stereocenters. The van der Waals surface area contributed by atoms with Crippen LogP contribution in [0.25, 0.3) is 0 Å². The molecule has 1 aromatic rings. The molecule has 7 heteroatoms. The van der Waals surface area contributed by atoms with Gasteiger partial charge in [0, 0.05) is 16.6 Å². The van der Waals surface area contributed by atoms with Gasteiger partial charge < -0.3 is 15.2 Å². The van der Waals surface area contributed by atoms with E-state index in [-0.39, 0.29) is 0 Å². The number of carbonyl (C=O) groups is 1. The molecule has 0 radical (unpaired) electrons. The summed E-state index contributed by atoms with van der Waals surface area (Å²) < 4.78 is 7.58. The quantitative estimate of drug-likeness (QED) is 0.552. The van der Waals surface area contributed by atoms with Crippen LogP contribution in [0.4, 0.5) is 0 Å². The van der Waals surface area contributed by atoms with Gasteiger partial charge in [-0.05, 0) is 52.9 Å². The number of nitrogens with one attached hydrogen (secondary N) is 1. The summed E-state index contributed by atoms with van der Waals surface area (Å²) in [7, 11) is 0. The lowest BCUT2D eigenvalue weighted by molar-refractivity contribution is -0.139. The Balaban J connectivity index is 2.83. The van der Waals surface area contributed by atoms with Gasteiger partial charge in [0.05, 0.1) is 11.1 Å². The highest BCUT2D eigenvalue weighted by Crippen LogP contribution is 2.33. The zero-order chi connectivity index (χ0) is 16.5. The number of thioether (sulfide) groups is 1. The molecule has 0 fully saturated rings. The number of ether oxygens (including phenoxy) is 1. The molecule has 2 N–H and O–H groups in total. The molecule has 124 valence electrons. The summed E-state index contributed by atoms with van der Waals surface area (Å²) in [4.78, 5) is 11.3. The molecular formula is C15H21Br2NO3S. The topological polar surface area (TPSA) is 58.6 Å². The van der Waals surface area contributed by atoms with E-state index >= 15 is 0 Å². The van der Waals surface area contributed by atoms with E-state index in [1.807, 2.05) is 25.3 Å². The Kier molecular flexibility index (Phi) is 9.47. The van der Waals surface area contributed by atoms with E-state index in [0.29, 0.717) is 19.6 Å². The first-order valence-electron chi connectivity index (χ1n) is 7.05. The summed E-state index contributed by atoms with van der Waals surface area (Å²) >= 11 is 8.61. The van der Waals surface area contributed by atoms with E-state index in [1.54, 1.807) is 11.8 Å². The van der Waals surface area contributed by atoms with Gasteiger partial charge in [0.15, 0.2) is 0 Å². The van der Waals surface area contributed by atoms with Gasteiger partial charge in [0.1, 0.15) is 11.8 Å². The second-order valence-electron chi connectivity index (χ2n) is 4.78. The third-order valence-electron chi connectivity index (χ3n) is 2.98. The van der Waals surface area contributed by atoms with Crippen molar-refractivity contribution >= 4 is 49.6 Å². The number of carboxylic acid groups (broad SMARTS) is 1. The lowest BCUT2D eigenvalue weighted by atomic mass is 10.1. The number of aliphatic carboxylic acids is 1. The van der Waals surface area contributed by atoms with Gasteiger partial charge in [-0.2, -0.15) is 11.8 Å². The van der Waals surface area contributed by atoms with Gasteiger partial charge in [-0.15, -0.1) is 0 Å². The van der Waals surface area contributed by atoms with Crippen molar-refractivity contribution in [3.05, 3.63) is 26.6 Å². The highest BCUT2D eigenvalue weighted by atomic mass is 79.9. The van der Waals surface area contributed by atoms with E-state index in [1.165, 1.54) is 0 Å². The zero-order valence-corrected chi connectivity index (χ0v) is 16.7. The number of hydrogen-bond acceptors (Lipinski definition) is 4. The summed E-state index contributed by atoms with van der Waals surface area (Å²) in [5, 5.41) is 12.4. The maximum absolute atomic E-state index is 11.3. The van der Waals surface area contributed by atoms with Crippen molar-refractivity contribution < 1.29 is 14.6 Å². The van der Waals surface area contributed by atoms with Crippen molar-refractivity contribution in [3.63, 3.8) is 0 Å². The molecule has 1 atom stereocenters. The molecule has 1 aromatic carbocycles. The molecular weight excluding hydrogens is 434 g/mol. The Morgan fingerprint density at radius 1 is 1.45 bits per heavy atom. The molecule has 4 nitrogen and oxygen atoms in total. The van der Waals surface area contributed by atoms with Gasteiger partial charge in [0.2, 0.25) is 0 Å². The number of hydrogen-bond donors (Lipinski definition) is 2. The van der Waals surface area contributed by atoms with E-state index < -0.39 is 12.0 Å². The smallest absolute Gasteiger partial charge is 0.320 e. The first kappa shape index (κ1) is 19.8. The fourth-order valence-electron chi connectivity index (χ4n) is 1.89. The standard InChI is InChI=1S/C15H21Br2NO3S/c1-3-5-21-14-10(7-11(16)8-12(14)17)9-18-13(15(19)20)4-6-22-2/h7-8,13,18H,3-6,9H2,1-2H3,(H,19,20). The largest absolute Gasteiger partial charge is 0.492 e. The number of rotatable bonds is 10. The van der Waals surface area contributed by atoms with E-state index in [0.717, 1.165) is 32.4 Å². The predicted octanol–water partition coefficient (Wildman–Crippen LogP) is 4.30. The maximum atomic E-state index is 11.3. The molecule has 0 aliphatic heterocycles. The Bertz CT molecular complexity index is 500. The Morgan fingerprint density at radius 2 is 2.18 bits per heavy atom. The first-order chi connectivity index (χ1) is 10.5. The van der Waals surface area contributed by atoms with Crippen LogP contribution in [0.1, 0.15) is 25.3 Å². The first-order valence-corrected chi connectivity index (χ1v) is 10.0. The van der Waals surface area contributed by atoms with Crippen LogP contribution in [-0.4, -0.2) is 35.7 Å². The molecule has 22 heavy (non-hydrogen) atoms. The molecule has 0 spiro atoms. The van der Waals surface area contributed by atoms with Gasteiger partial charge in [-0.3, -0.25) is 4.79 Å². The fourth-order valence-corrected chi connectivity index (χ4v) is 3.79. The average Bonchev–Trinajstić information content (AvgIpc) is 2.45. The van der Waals surface area contributed by atoms with Gasteiger partial charge in [-0.25, -0.2) is 0 Å². The number of halogens is 2. The molecule has 0 aliphatic rings. The van der Waals surface area contributed by atoms with E-state index in [4.69, 9.17) is 4.74 Å². The minimum atomic E-state index is -0.820.